The Kier molecular flexibility index (Phi) is 46.0. The second-order valence-corrected chi connectivity index (χ2v) is 19.8. The predicted molar refractivity (Wildman–Crippen MR) is 267 cm³/mol. The third kappa shape index (κ3) is 39.8. The summed E-state index contributed by atoms with van der Waals surface area (Å²) in [5.74, 6) is 1.64. The van der Waals surface area contributed by atoms with Gasteiger partial charge in [-0.1, -0.05) is 297 Å². The number of unbranched alkanes of at least 4 members (excludes halogenated alkanes) is 45. The number of rotatable bonds is 51. The number of aryl methyl sites for hydroxylation is 2. The maximum absolute atomic E-state index is 2.67. The monoisotopic (exact) mass is 826 g/mol. The zero-order valence-corrected chi connectivity index (χ0v) is 41.6. The van der Waals surface area contributed by atoms with Gasteiger partial charge in [-0.25, -0.2) is 9.13 Å². The number of hydrogen-bond donors (Lipinski definition) is 0. The Hall–Kier alpha value is -0.790. The van der Waals surface area contributed by atoms with Crippen LogP contribution >= 0.6 is 0 Å². The second-order valence-electron chi connectivity index (χ2n) is 19.8. The summed E-state index contributed by atoms with van der Waals surface area (Å²) < 4.78 is 5.34. The van der Waals surface area contributed by atoms with Crippen LogP contribution in [0.4, 0.5) is 0 Å². The van der Waals surface area contributed by atoms with E-state index in [9.17, 15) is 0 Å². The van der Waals surface area contributed by atoms with Gasteiger partial charge < -0.3 is 0 Å². The molecule has 0 aliphatic rings. The van der Waals surface area contributed by atoms with Gasteiger partial charge in [-0.05, 0) is 32.1 Å². The minimum atomic E-state index is 1.23. The summed E-state index contributed by atoms with van der Waals surface area (Å²) in [6, 6.07) is 0. The quantitative estimate of drug-likeness (QED) is 0.0457. The van der Waals surface area contributed by atoms with Crippen molar-refractivity contribution in [1.29, 1.82) is 0 Å². The topological polar surface area (TPSA) is 8.81 Å². The lowest BCUT2D eigenvalue weighted by atomic mass is 10.0. The van der Waals surface area contributed by atoms with E-state index in [0.29, 0.717) is 0 Å². The van der Waals surface area contributed by atoms with E-state index in [2.05, 4.69) is 42.3 Å². The summed E-state index contributed by atoms with van der Waals surface area (Å²) >= 11 is 0. The van der Waals surface area contributed by atoms with Crippen LogP contribution in [-0.4, -0.2) is 4.57 Å². The Labute approximate surface area is 374 Å². The molecule has 0 bridgehead atoms. The number of hydrogen-bond acceptors (Lipinski definition) is 0. The van der Waals surface area contributed by atoms with E-state index >= 15 is 0 Å². The number of nitrogens with zero attached hydrogens (tertiary/aromatic N) is 2. The average Bonchev–Trinajstić information content (AvgIpc) is 3.63. The van der Waals surface area contributed by atoms with E-state index in [1.165, 1.54) is 328 Å². The fourth-order valence-electron chi connectivity index (χ4n) is 9.68. The molecule has 350 valence electrons. The van der Waals surface area contributed by atoms with Gasteiger partial charge >= 0.3 is 0 Å². The molecule has 1 aromatic rings. The molecule has 2 heteroatoms. The second kappa shape index (κ2) is 48.2. The molecule has 1 heterocycles. The van der Waals surface area contributed by atoms with Crippen LogP contribution in [0.2, 0.25) is 0 Å². The Morgan fingerprint density at radius 3 is 0.814 bits per heavy atom. The van der Waals surface area contributed by atoms with E-state index in [1.54, 1.807) is 5.82 Å². The summed E-state index contributed by atoms with van der Waals surface area (Å²) in [5.41, 5.74) is 0. The lowest BCUT2D eigenvalue weighted by molar-refractivity contribution is -0.704. The normalized spacial score (nSPS) is 11.7. The largest absolute Gasteiger partial charge is 0.256 e. The summed E-state index contributed by atoms with van der Waals surface area (Å²) in [7, 11) is 0. The first kappa shape index (κ1) is 56.2. The summed E-state index contributed by atoms with van der Waals surface area (Å²) in [6.07, 6.45) is 75.8. The van der Waals surface area contributed by atoms with E-state index < -0.39 is 0 Å². The molecule has 59 heavy (non-hydrogen) atoms. The Morgan fingerprint density at radius 1 is 0.288 bits per heavy atom. The molecule has 2 nitrogen and oxygen atoms in total. The van der Waals surface area contributed by atoms with Gasteiger partial charge in [-0.2, -0.15) is 0 Å². The van der Waals surface area contributed by atoms with Crippen molar-refractivity contribution < 1.29 is 4.57 Å². The van der Waals surface area contributed by atoms with Crippen molar-refractivity contribution in [3.63, 3.8) is 0 Å². The smallest absolute Gasteiger partial charge is 0.234 e. The Morgan fingerprint density at radius 2 is 0.525 bits per heavy atom. The molecular weight excluding hydrogens is 713 g/mol. The van der Waals surface area contributed by atoms with Crippen molar-refractivity contribution in [2.75, 3.05) is 0 Å². The van der Waals surface area contributed by atoms with Crippen molar-refractivity contribution >= 4 is 0 Å². The van der Waals surface area contributed by atoms with Crippen molar-refractivity contribution in [3.8, 4) is 0 Å². The third-order valence-electron chi connectivity index (χ3n) is 13.8. The highest BCUT2D eigenvalue weighted by atomic mass is 15.1. The molecule has 0 aliphatic heterocycles. The zero-order valence-electron chi connectivity index (χ0n) is 41.6. The highest BCUT2D eigenvalue weighted by Gasteiger charge is 2.16. The SMILES string of the molecule is CCCCCCCCCCCCCCCCCCc1n(CCCCCCCCCCCCCCCCCC)cc[n+]1CCCCCCCCCCCCCCCCCC. The highest BCUT2D eigenvalue weighted by Crippen LogP contribution is 2.18. The molecular formula is C57H113N2+. The first-order valence-electron chi connectivity index (χ1n) is 28.4. The molecule has 0 atom stereocenters. The lowest BCUT2D eigenvalue weighted by Crippen LogP contribution is -2.37. The fraction of sp³-hybridized carbons (Fsp3) is 0.947. The standard InChI is InChI=1S/C57H113N2/c1-4-7-10-13-16-19-22-25-28-31-34-37-40-43-46-49-52-57-58(53-50-47-44-41-38-35-32-29-26-23-20-17-14-11-8-5-2)55-56-59(57)54-51-48-45-42-39-36-33-30-27-24-21-18-15-12-9-6-3/h55-56H,4-54H2,1-3H3/q+1. The summed E-state index contributed by atoms with van der Waals surface area (Å²) in [5, 5.41) is 0. The van der Waals surface area contributed by atoms with Crippen LogP contribution in [0.3, 0.4) is 0 Å². The molecule has 0 N–H and O–H groups in total. The number of aromatic nitrogens is 2. The van der Waals surface area contributed by atoms with Crippen LogP contribution in [0.25, 0.3) is 0 Å². The minimum absolute atomic E-state index is 1.23. The zero-order chi connectivity index (χ0) is 42.2. The molecule has 1 rings (SSSR count). The molecule has 0 amide bonds. The van der Waals surface area contributed by atoms with Gasteiger partial charge in [0, 0.05) is 6.42 Å². The van der Waals surface area contributed by atoms with Gasteiger partial charge in [0.05, 0.1) is 13.1 Å². The summed E-state index contributed by atoms with van der Waals surface area (Å²) in [6.45, 7) is 9.42. The third-order valence-corrected chi connectivity index (χ3v) is 13.8. The van der Waals surface area contributed by atoms with Crippen LogP contribution < -0.4 is 4.57 Å². The van der Waals surface area contributed by atoms with Crippen LogP contribution in [0, 0.1) is 0 Å². The van der Waals surface area contributed by atoms with Crippen LogP contribution in [0.1, 0.15) is 335 Å². The molecule has 0 aliphatic carbocycles. The maximum atomic E-state index is 2.67. The van der Waals surface area contributed by atoms with Gasteiger partial charge in [0.15, 0.2) is 0 Å². The molecule has 0 fully saturated rings. The van der Waals surface area contributed by atoms with Crippen molar-refractivity contribution in [1.82, 2.24) is 4.57 Å². The molecule has 0 saturated carbocycles. The highest BCUT2D eigenvalue weighted by molar-refractivity contribution is 4.84. The molecule has 0 saturated heterocycles. The Bertz CT molecular complexity index is 849. The molecule has 0 aromatic carbocycles. The van der Waals surface area contributed by atoms with Crippen LogP contribution in [-0.2, 0) is 19.5 Å². The van der Waals surface area contributed by atoms with E-state index in [0.717, 1.165) is 0 Å². The van der Waals surface area contributed by atoms with Crippen LogP contribution in [0.5, 0.6) is 0 Å². The van der Waals surface area contributed by atoms with Gasteiger partial charge in [-0.3, -0.25) is 0 Å². The molecule has 0 radical (unpaired) electrons. The van der Waals surface area contributed by atoms with E-state index in [4.69, 9.17) is 0 Å². The van der Waals surface area contributed by atoms with E-state index in [-0.39, 0.29) is 0 Å². The van der Waals surface area contributed by atoms with Gasteiger partial charge in [0.25, 0.3) is 5.82 Å². The fourth-order valence-corrected chi connectivity index (χ4v) is 9.68. The molecule has 0 unspecified atom stereocenters. The first-order valence-corrected chi connectivity index (χ1v) is 28.4. The predicted octanol–water partition coefficient (Wildman–Crippen LogP) is 20.1. The van der Waals surface area contributed by atoms with Gasteiger partial charge in [0.2, 0.25) is 0 Å². The maximum Gasteiger partial charge on any atom is 0.256 e. The van der Waals surface area contributed by atoms with Crippen LogP contribution in [0.15, 0.2) is 12.4 Å². The van der Waals surface area contributed by atoms with E-state index in [1.807, 2.05) is 0 Å². The van der Waals surface area contributed by atoms with Gasteiger partial charge in [-0.15, -0.1) is 0 Å². The molecule has 1 aromatic heterocycles. The van der Waals surface area contributed by atoms with Gasteiger partial charge in [0.1, 0.15) is 12.4 Å². The van der Waals surface area contributed by atoms with Crippen molar-refractivity contribution in [3.05, 3.63) is 18.2 Å². The minimum Gasteiger partial charge on any atom is -0.234 e. The average molecular weight is 827 g/mol. The molecule has 0 spiro atoms. The Balaban J connectivity index is 2.24. The van der Waals surface area contributed by atoms with Crippen molar-refractivity contribution in [2.24, 2.45) is 0 Å². The first-order chi connectivity index (χ1) is 29.3. The summed E-state index contributed by atoms with van der Waals surface area (Å²) in [4.78, 5) is 0. The van der Waals surface area contributed by atoms with Crippen molar-refractivity contribution in [2.45, 2.75) is 348 Å². The number of imidazole rings is 1. The lowest BCUT2D eigenvalue weighted by Gasteiger charge is -2.07.